The highest BCUT2D eigenvalue weighted by Gasteiger charge is 2.23. The number of nitrogens with zero attached hydrogens (tertiary/aromatic N) is 1. The number of carbonyl (C=O) groups is 4. The van der Waals surface area contributed by atoms with E-state index in [4.69, 9.17) is 0 Å². The predicted octanol–water partition coefficient (Wildman–Crippen LogP) is -1.83. The third kappa shape index (κ3) is 2.05. The summed E-state index contributed by atoms with van der Waals surface area (Å²) in [5, 5.41) is 0. The van der Waals surface area contributed by atoms with Crippen LogP contribution >= 0.6 is 0 Å². The van der Waals surface area contributed by atoms with Crippen molar-refractivity contribution in [1.82, 2.24) is 4.90 Å². The molecule has 0 radical (unpaired) electrons. The topological polar surface area (TPSA) is 124 Å². The van der Waals surface area contributed by atoms with Gasteiger partial charge in [0, 0.05) is 0 Å². The molecule has 11 heavy (non-hydrogen) atoms. The van der Waals surface area contributed by atoms with Gasteiger partial charge in [-0.25, -0.2) is 9.59 Å². The van der Waals surface area contributed by atoms with Gasteiger partial charge in [0.15, 0.2) is 0 Å². The lowest BCUT2D eigenvalue weighted by Crippen LogP contribution is -2.48. The van der Waals surface area contributed by atoms with Crippen LogP contribution in [0.25, 0.3) is 0 Å². The minimum Gasteiger partial charge on any atom is -0.351 e. The van der Waals surface area contributed by atoms with E-state index in [2.05, 4.69) is 11.5 Å². The molecule has 5 amide bonds. The Hall–Kier alpha value is -1.92. The molecule has 0 aliphatic heterocycles. The van der Waals surface area contributed by atoms with E-state index >= 15 is 0 Å². The molecule has 0 saturated heterocycles. The first-order valence-electron chi connectivity index (χ1n) is 2.38. The monoisotopic (exact) mass is 159 g/mol. The van der Waals surface area contributed by atoms with Gasteiger partial charge in [-0.1, -0.05) is 0 Å². The summed E-state index contributed by atoms with van der Waals surface area (Å²) in [5.41, 5.74) is 9.04. The van der Waals surface area contributed by atoms with Gasteiger partial charge in [-0.3, -0.25) is 9.59 Å². The normalized spacial score (nSPS) is 8.36. The number of carbonyl (C=O) groups excluding carboxylic acids is 4. The van der Waals surface area contributed by atoms with Crippen LogP contribution < -0.4 is 11.5 Å². The van der Waals surface area contributed by atoms with Crippen molar-refractivity contribution in [3.05, 3.63) is 0 Å². The summed E-state index contributed by atoms with van der Waals surface area (Å²) in [4.78, 5) is 40.3. The van der Waals surface area contributed by atoms with Crippen molar-refractivity contribution in [1.29, 1.82) is 0 Å². The second kappa shape index (κ2) is 3.30. The third-order valence-electron chi connectivity index (χ3n) is 0.762. The lowest BCUT2D eigenvalue weighted by Gasteiger charge is -2.08. The van der Waals surface area contributed by atoms with E-state index in [9.17, 15) is 19.2 Å². The first kappa shape index (κ1) is 9.08. The van der Waals surface area contributed by atoms with Crippen LogP contribution in [-0.4, -0.2) is 29.2 Å². The molecule has 7 heteroatoms. The minimum atomic E-state index is -1.38. The molecule has 0 aliphatic rings. The lowest BCUT2D eigenvalue weighted by molar-refractivity contribution is -0.134. The highest BCUT2D eigenvalue weighted by molar-refractivity contribution is 6.32. The number of hydrogen-bond acceptors (Lipinski definition) is 4. The zero-order valence-corrected chi connectivity index (χ0v) is 5.31. The number of nitrogens with two attached hydrogens (primary N) is 2. The molecule has 0 bridgehead atoms. The summed E-state index contributed by atoms with van der Waals surface area (Å²) >= 11 is 0. The summed E-state index contributed by atoms with van der Waals surface area (Å²) in [6.07, 6.45) is -0.241. The third-order valence-corrected chi connectivity index (χ3v) is 0.762. The number of primary amides is 2. The number of hydrogen-bond donors (Lipinski definition) is 2. The van der Waals surface area contributed by atoms with Crippen molar-refractivity contribution in [3.8, 4) is 0 Å². The Labute approximate surface area is 60.9 Å². The van der Waals surface area contributed by atoms with Crippen molar-refractivity contribution >= 4 is 24.3 Å². The van der Waals surface area contributed by atoms with Gasteiger partial charge in [0.1, 0.15) is 0 Å². The lowest BCUT2D eigenvalue weighted by atomic mass is 10.6. The molecule has 0 spiro atoms. The fourth-order valence-electron chi connectivity index (χ4n) is 0.379. The largest absolute Gasteiger partial charge is 0.351 e. The molecule has 0 unspecified atom stereocenters. The van der Waals surface area contributed by atoms with Crippen LogP contribution in [0.1, 0.15) is 0 Å². The molecule has 0 aromatic heterocycles. The van der Waals surface area contributed by atoms with E-state index in [1.165, 1.54) is 0 Å². The number of amides is 5. The van der Waals surface area contributed by atoms with Crippen molar-refractivity contribution in [2.24, 2.45) is 11.5 Å². The standard InChI is InChI=1S/C4H5N3O4/c5-3(10)7(4(6)11)2(9)1-8/h1H,(H2,5,10)(H2,6,11). The molecule has 0 atom stereocenters. The Kier molecular flexibility index (Phi) is 2.72. The van der Waals surface area contributed by atoms with Crippen LogP contribution in [0, 0.1) is 0 Å². The summed E-state index contributed by atoms with van der Waals surface area (Å²) in [6, 6.07) is -2.76. The second-order valence-corrected chi connectivity index (χ2v) is 1.47. The van der Waals surface area contributed by atoms with Crippen LogP contribution in [0.4, 0.5) is 9.59 Å². The molecular formula is C4H5N3O4. The van der Waals surface area contributed by atoms with Crippen LogP contribution in [0.15, 0.2) is 0 Å². The van der Waals surface area contributed by atoms with Gasteiger partial charge in [0.05, 0.1) is 0 Å². The predicted molar refractivity (Wildman–Crippen MR) is 32.1 cm³/mol. The molecule has 0 aromatic carbocycles. The van der Waals surface area contributed by atoms with Gasteiger partial charge >= 0.3 is 18.0 Å². The highest BCUT2D eigenvalue weighted by Crippen LogP contribution is 1.85. The molecule has 60 valence electrons. The maximum absolute atomic E-state index is 10.4. The van der Waals surface area contributed by atoms with Crippen molar-refractivity contribution in [2.75, 3.05) is 0 Å². The summed E-state index contributed by atoms with van der Waals surface area (Å²) in [7, 11) is 0. The first-order valence-corrected chi connectivity index (χ1v) is 2.38. The van der Waals surface area contributed by atoms with E-state index in [0.717, 1.165) is 0 Å². The quantitative estimate of drug-likeness (QED) is 0.345. The van der Waals surface area contributed by atoms with E-state index in [0.29, 0.717) is 0 Å². The number of aldehydes is 1. The fourth-order valence-corrected chi connectivity index (χ4v) is 0.379. The molecule has 7 nitrogen and oxygen atoms in total. The van der Waals surface area contributed by atoms with E-state index < -0.39 is 18.0 Å². The van der Waals surface area contributed by atoms with Gasteiger partial charge in [0.25, 0.3) is 0 Å². The Bertz CT molecular complexity index is 209. The molecule has 0 aromatic rings. The Balaban J connectivity index is 4.60. The Morgan fingerprint density at radius 1 is 1.09 bits per heavy atom. The number of urea groups is 2. The van der Waals surface area contributed by atoms with Crippen molar-refractivity contribution in [2.45, 2.75) is 0 Å². The van der Waals surface area contributed by atoms with Crippen LogP contribution in [-0.2, 0) is 9.59 Å². The molecule has 4 N–H and O–H groups in total. The summed E-state index contributed by atoms with van der Waals surface area (Å²) in [5.74, 6) is -1.38. The molecular weight excluding hydrogens is 154 g/mol. The van der Waals surface area contributed by atoms with E-state index in [1.807, 2.05) is 0 Å². The molecule has 0 rings (SSSR count). The second-order valence-electron chi connectivity index (χ2n) is 1.47. The average molecular weight is 159 g/mol. The Morgan fingerprint density at radius 2 is 1.45 bits per heavy atom. The molecule has 0 fully saturated rings. The van der Waals surface area contributed by atoms with Gasteiger partial charge in [-0.05, 0) is 0 Å². The summed E-state index contributed by atoms with van der Waals surface area (Å²) in [6.45, 7) is 0. The zero-order valence-electron chi connectivity index (χ0n) is 5.31. The smallest absolute Gasteiger partial charge is 0.330 e. The van der Waals surface area contributed by atoms with E-state index in [1.54, 1.807) is 0 Å². The summed E-state index contributed by atoms with van der Waals surface area (Å²) < 4.78 is 0. The van der Waals surface area contributed by atoms with Crippen LogP contribution in [0.3, 0.4) is 0 Å². The van der Waals surface area contributed by atoms with Gasteiger partial charge < -0.3 is 11.5 Å². The minimum absolute atomic E-state index is 0.174. The Morgan fingerprint density at radius 3 is 1.55 bits per heavy atom. The van der Waals surface area contributed by atoms with Gasteiger partial charge in [0.2, 0.25) is 6.29 Å². The van der Waals surface area contributed by atoms with E-state index in [-0.39, 0.29) is 11.2 Å². The maximum Gasteiger partial charge on any atom is 0.330 e. The van der Waals surface area contributed by atoms with Crippen molar-refractivity contribution < 1.29 is 19.2 Å². The highest BCUT2D eigenvalue weighted by atomic mass is 16.2. The maximum atomic E-state index is 10.4. The van der Waals surface area contributed by atoms with Crippen LogP contribution in [0.5, 0.6) is 0 Å². The van der Waals surface area contributed by atoms with Gasteiger partial charge in [-0.15, -0.1) is 0 Å². The fraction of sp³-hybridized carbons (Fsp3) is 0. The van der Waals surface area contributed by atoms with Gasteiger partial charge in [-0.2, -0.15) is 4.90 Å². The first-order chi connectivity index (χ1) is 5.00. The number of imide groups is 3. The molecule has 0 aliphatic carbocycles. The average Bonchev–Trinajstić information content (AvgIpc) is 1.85. The number of rotatable bonds is 1. The van der Waals surface area contributed by atoms with Crippen LogP contribution in [0.2, 0.25) is 0 Å². The zero-order chi connectivity index (χ0) is 9.02. The molecule has 0 saturated carbocycles. The molecule has 0 heterocycles. The SMILES string of the molecule is NC(=O)N(C(N)=O)C(=O)C=O. The van der Waals surface area contributed by atoms with Crippen molar-refractivity contribution in [3.63, 3.8) is 0 Å².